The smallest absolute Gasteiger partial charge is 0.202 e. The minimum atomic E-state index is 0.245. The summed E-state index contributed by atoms with van der Waals surface area (Å²) in [6, 6.07) is 7.59. The summed E-state index contributed by atoms with van der Waals surface area (Å²) in [5.41, 5.74) is 1.59. The number of carbonyl (C=O) groups excluding carboxylic acids is 1. The summed E-state index contributed by atoms with van der Waals surface area (Å²) in [5, 5.41) is 0. The molecule has 82 valence electrons. The van der Waals surface area contributed by atoms with Crippen LogP contribution in [0.5, 0.6) is 0 Å². The molecule has 2 aromatic rings. The number of fused-ring (bicyclic) bond motifs is 1. The predicted molar refractivity (Wildman–Crippen MR) is 60.0 cm³/mol. The molecule has 1 fully saturated rings. The second kappa shape index (κ2) is 3.44. The van der Waals surface area contributed by atoms with Crippen LogP contribution >= 0.6 is 0 Å². The van der Waals surface area contributed by atoms with Crippen LogP contribution in [0.4, 0.5) is 0 Å². The quantitative estimate of drug-likeness (QED) is 0.790. The van der Waals surface area contributed by atoms with Crippen LogP contribution in [0.1, 0.15) is 19.2 Å². The Balaban J connectivity index is 1.81. The van der Waals surface area contributed by atoms with Gasteiger partial charge in [-0.2, -0.15) is 0 Å². The summed E-state index contributed by atoms with van der Waals surface area (Å²) in [6.45, 7) is 2.11. The minimum absolute atomic E-state index is 0.245. The van der Waals surface area contributed by atoms with Crippen LogP contribution in [0.15, 0.2) is 28.7 Å². The van der Waals surface area contributed by atoms with Crippen LogP contribution < -0.4 is 0 Å². The number of ketones is 1. The van der Waals surface area contributed by atoms with Crippen LogP contribution in [0.3, 0.4) is 0 Å². The Hall–Kier alpha value is -1.64. The highest BCUT2D eigenvalue weighted by atomic mass is 16.3. The fraction of sp³-hybridized carbons (Fsp3) is 0.385. The van der Waals surface area contributed by atoms with Crippen molar-refractivity contribution in [1.29, 1.82) is 0 Å². The molecule has 0 bridgehead atoms. The molecular formula is C13H13NO2. The minimum Gasteiger partial charge on any atom is -0.440 e. The number of nitrogens with zero attached hydrogens (tertiary/aromatic N) is 1. The first-order chi connectivity index (χ1) is 7.74. The zero-order valence-corrected chi connectivity index (χ0v) is 9.14. The summed E-state index contributed by atoms with van der Waals surface area (Å²) in [4.78, 5) is 16.1. The second-order valence-corrected chi connectivity index (χ2v) is 4.54. The highest BCUT2D eigenvalue weighted by Gasteiger charge is 2.39. The number of aromatic nitrogens is 1. The third kappa shape index (κ3) is 1.62. The van der Waals surface area contributed by atoms with E-state index in [-0.39, 0.29) is 11.7 Å². The molecule has 2 atom stereocenters. The van der Waals surface area contributed by atoms with Crippen LogP contribution in [0.25, 0.3) is 11.1 Å². The fourth-order valence-corrected chi connectivity index (χ4v) is 2.05. The standard InChI is InChI=1S/C13H13NO2/c1-8-6-9(8)11(15)7-13-14-10-4-2-3-5-12(10)16-13/h2-5,8-9H,6-7H2,1H3. The molecule has 3 heteroatoms. The van der Waals surface area contributed by atoms with Gasteiger partial charge in [-0.05, 0) is 24.5 Å². The number of carbonyl (C=O) groups is 1. The van der Waals surface area contributed by atoms with Gasteiger partial charge in [0.15, 0.2) is 5.58 Å². The number of benzene rings is 1. The molecule has 3 nitrogen and oxygen atoms in total. The van der Waals surface area contributed by atoms with E-state index in [0.29, 0.717) is 18.2 Å². The Kier molecular flexibility index (Phi) is 2.06. The maximum absolute atomic E-state index is 11.8. The summed E-state index contributed by atoms with van der Waals surface area (Å²) in [6.07, 6.45) is 1.36. The molecule has 1 saturated carbocycles. The molecule has 3 rings (SSSR count). The van der Waals surface area contributed by atoms with Gasteiger partial charge >= 0.3 is 0 Å². The first kappa shape index (κ1) is 9.58. The van der Waals surface area contributed by atoms with Gasteiger partial charge in [-0.1, -0.05) is 19.1 Å². The van der Waals surface area contributed by atoms with Crippen LogP contribution in [0.2, 0.25) is 0 Å². The molecule has 0 aliphatic heterocycles. The van der Waals surface area contributed by atoms with Gasteiger partial charge in [-0.15, -0.1) is 0 Å². The lowest BCUT2D eigenvalue weighted by Gasteiger charge is -1.93. The lowest BCUT2D eigenvalue weighted by Crippen LogP contribution is -2.06. The summed E-state index contributed by atoms with van der Waals surface area (Å²) < 4.78 is 5.52. The summed E-state index contributed by atoms with van der Waals surface area (Å²) >= 11 is 0. The van der Waals surface area contributed by atoms with Crippen LogP contribution in [-0.2, 0) is 11.2 Å². The molecule has 1 aliphatic carbocycles. The van der Waals surface area contributed by atoms with Crippen molar-refractivity contribution in [2.24, 2.45) is 11.8 Å². The molecule has 16 heavy (non-hydrogen) atoms. The second-order valence-electron chi connectivity index (χ2n) is 4.54. The monoisotopic (exact) mass is 215 g/mol. The van der Waals surface area contributed by atoms with E-state index in [2.05, 4.69) is 11.9 Å². The summed E-state index contributed by atoms with van der Waals surface area (Å²) in [7, 11) is 0. The molecular weight excluding hydrogens is 202 g/mol. The largest absolute Gasteiger partial charge is 0.440 e. The van der Waals surface area contributed by atoms with E-state index >= 15 is 0 Å². The van der Waals surface area contributed by atoms with Gasteiger partial charge in [-0.25, -0.2) is 4.98 Å². The number of rotatable bonds is 3. The number of hydrogen-bond donors (Lipinski definition) is 0. The van der Waals surface area contributed by atoms with Crippen molar-refractivity contribution < 1.29 is 9.21 Å². The van der Waals surface area contributed by atoms with E-state index in [9.17, 15) is 4.79 Å². The van der Waals surface area contributed by atoms with E-state index in [0.717, 1.165) is 17.5 Å². The first-order valence-corrected chi connectivity index (χ1v) is 5.61. The molecule has 1 heterocycles. The average Bonchev–Trinajstić information content (AvgIpc) is 2.87. The summed E-state index contributed by atoms with van der Waals surface area (Å²) in [5.74, 6) is 1.61. The van der Waals surface area contributed by atoms with E-state index in [1.165, 1.54) is 0 Å². The molecule has 2 unspecified atom stereocenters. The van der Waals surface area contributed by atoms with Crippen molar-refractivity contribution in [3.63, 3.8) is 0 Å². The zero-order chi connectivity index (χ0) is 11.1. The van der Waals surface area contributed by atoms with Crippen molar-refractivity contribution in [3.8, 4) is 0 Å². The molecule has 0 saturated heterocycles. The third-order valence-electron chi connectivity index (χ3n) is 3.19. The van der Waals surface area contributed by atoms with Crippen LogP contribution in [0, 0.1) is 11.8 Å². The fourth-order valence-electron chi connectivity index (χ4n) is 2.05. The molecule has 0 amide bonds. The van der Waals surface area contributed by atoms with Crippen molar-refractivity contribution in [2.75, 3.05) is 0 Å². The van der Waals surface area contributed by atoms with Gasteiger partial charge in [0.1, 0.15) is 11.3 Å². The molecule has 0 radical (unpaired) electrons. The topological polar surface area (TPSA) is 43.1 Å². The normalized spacial score (nSPS) is 23.6. The van der Waals surface area contributed by atoms with Crippen molar-refractivity contribution in [2.45, 2.75) is 19.8 Å². The Morgan fingerprint density at radius 1 is 1.50 bits per heavy atom. The number of para-hydroxylation sites is 2. The number of Topliss-reactive ketones (excluding diaryl/α,β-unsaturated/α-hetero) is 1. The predicted octanol–water partition coefficient (Wildman–Crippen LogP) is 2.60. The number of hydrogen-bond acceptors (Lipinski definition) is 3. The molecule has 1 aromatic heterocycles. The first-order valence-electron chi connectivity index (χ1n) is 5.61. The Labute approximate surface area is 93.5 Å². The van der Waals surface area contributed by atoms with E-state index in [1.807, 2.05) is 24.3 Å². The molecule has 0 spiro atoms. The Morgan fingerprint density at radius 2 is 2.25 bits per heavy atom. The van der Waals surface area contributed by atoms with E-state index in [1.54, 1.807) is 0 Å². The highest BCUT2D eigenvalue weighted by Crippen LogP contribution is 2.39. The maximum atomic E-state index is 11.8. The van der Waals surface area contributed by atoms with E-state index in [4.69, 9.17) is 4.42 Å². The Morgan fingerprint density at radius 3 is 2.94 bits per heavy atom. The lowest BCUT2D eigenvalue weighted by atomic mass is 10.2. The van der Waals surface area contributed by atoms with Gasteiger partial charge in [-0.3, -0.25) is 4.79 Å². The van der Waals surface area contributed by atoms with Gasteiger partial charge in [0.05, 0.1) is 6.42 Å². The van der Waals surface area contributed by atoms with Gasteiger partial charge in [0.2, 0.25) is 5.89 Å². The van der Waals surface area contributed by atoms with Crippen molar-refractivity contribution in [3.05, 3.63) is 30.2 Å². The van der Waals surface area contributed by atoms with Crippen molar-refractivity contribution in [1.82, 2.24) is 4.98 Å². The Bertz CT molecular complexity index is 511. The maximum Gasteiger partial charge on any atom is 0.202 e. The SMILES string of the molecule is CC1CC1C(=O)Cc1nc2ccccc2o1. The van der Waals surface area contributed by atoms with Crippen molar-refractivity contribution >= 4 is 16.9 Å². The number of oxazole rings is 1. The average molecular weight is 215 g/mol. The molecule has 0 N–H and O–H groups in total. The van der Waals surface area contributed by atoms with Gasteiger partial charge < -0.3 is 4.42 Å². The van der Waals surface area contributed by atoms with E-state index < -0.39 is 0 Å². The zero-order valence-electron chi connectivity index (χ0n) is 9.14. The molecule has 1 aromatic carbocycles. The third-order valence-corrected chi connectivity index (χ3v) is 3.19. The molecule has 1 aliphatic rings. The van der Waals surface area contributed by atoms with Gasteiger partial charge in [0.25, 0.3) is 0 Å². The highest BCUT2D eigenvalue weighted by molar-refractivity contribution is 5.85. The lowest BCUT2D eigenvalue weighted by molar-refractivity contribution is -0.120. The van der Waals surface area contributed by atoms with Crippen LogP contribution in [-0.4, -0.2) is 10.8 Å². The van der Waals surface area contributed by atoms with Gasteiger partial charge in [0, 0.05) is 5.92 Å².